The number of fused-ring (bicyclic) bond motifs is 3. The van der Waals surface area contributed by atoms with E-state index >= 15 is 0 Å². The second-order valence-electron chi connectivity index (χ2n) is 3.55. The third kappa shape index (κ3) is 1.52. The lowest BCUT2D eigenvalue weighted by Gasteiger charge is -2.00. The van der Waals surface area contributed by atoms with E-state index in [0.717, 1.165) is 11.0 Å². The Bertz CT molecular complexity index is 751. The van der Waals surface area contributed by atoms with Crippen molar-refractivity contribution in [2.75, 3.05) is 0 Å². The monoisotopic (exact) mass is 247 g/mol. The molecule has 0 bridgehead atoms. The lowest BCUT2D eigenvalue weighted by Crippen LogP contribution is -1.94. The van der Waals surface area contributed by atoms with E-state index < -0.39 is 5.97 Å². The molecule has 0 aliphatic carbocycles. The molecule has 6 heteroatoms. The summed E-state index contributed by atoms with van der Waals surface area (Å²) < 4.78 is 1.66. The number of hydrogen-bond donors (Lipinski definition) is 1. The van der Waals surface area contributed by atoms with Crippen molar-refractivity contribution >= 4 is 34.3 Å². The van der Waals surface area contributed by atoms with Gasteiger partial charge in [-0.25, -0.2) is 9.78 Å². The number of halogens is 1. The van der Waals surface area contributed by atoms with E-state index in [2.05, 4.69) is 9.97 Å². The van der Waals surface area contributed by atoms with E-state index in [1.54, 1.807) is 22.6 Å². The molecule has 17 heavy (non-hydrogen) atoms. The maximum atomic E-state index is 10.9. The molecule has 0 fully saturated rings. The minimum Gasteiger partial charge on any atom is -0.476 e. The van der Waals surface area contributed by atoms with Crippen molar-refractivity contribution in [3.8, 4) is 0 Å². The molecule has 0 radical (unpaired) electrons. The van der Waals surface area contributed by atoms with Gasteiger partial charge < -0.3 is 5.11 Å². The van der Waals surface area contributed by atoms with Crippen LogP contribution in [0.15, 0.2) is 30.6 Å². The van der Waals surface area contributed by atoms with Crippen molar-refractivity contribution in [1.82, 2.24) is 14.4 Å². The number of imidazole rings is 1. The molecule has 0 aliphatic rings. The molecule has 0 saturated carbocycles. The SMILES string of the molecule is O=C(O)c1cn2c(cnc3ccc(Cl)cc32)n1. The molecule has 0 saturated heterocycles. The number of carboxylic acid groups (broad SMARTS) is 1. The minimum atomic E-state index is -1.07. The average Bonchev–Trinajstić information content (AvgIpc) is 2.73. The standard InChI is InChI=1S/C11H6ClN3O2/c12-6-1-2-7-9(3-6)15-5-8(11(16)17)14-10(15)4-13-7/h1-5H,(H,16,17). The summed E-state index contributed by atoms with van der Waals surface area (Å²) in [4.78, 5) is 19.0. The average molecular weight is 248 g/mol. The van der Waals surface area contributed by atoms with Gasteiger partial charge in [-0.3, -0.25) is 9.38 Å². The maximum Gasteiger partial charge on any atom is 0.356 e. The number of nitrogens with zero attached hydrogens (tertiary/aromatic N) is 3. The highest BCUT2D eigenvalue weighted by atomic mass is 35.5. The first-order valence-electron chi connectivity index (χ1n) is 4.82. The molecule has 1 aromatic carbocycles. The Kier molecular flexibility index (Phi) is 2.02. The van der Waals surface area contributed by atoms with Crippen LogP contribution in [-0.4, -0.2) is 25.4 Å². The van der Waals surface area contributed by atoms with E-state index in [1.165, 1.54) is 12.4 Å². The Balaban J connectivity index is 2.45. The number of aromatic carboxylic acids is 1. The van der Waals surface area contributed by atoms with E-state index in [9.17, 15) is 4.79 Å². The Labute approximate surface area is 100 Å². The van der Waals surface area contributed by atoms with E-state index in [4.69, 9.17) is 16.7 Å². The Morgan fingerprint density at radius 3 is 3.00 bits per heavy atom. The molecule has 0 atom stereocenters. The van der Waals surface area contributed by atoms with Gasteiger partial charge in [0.2, 0.25) is 0 Å². The summed E-state index contributed by atoms with van der Waals surface area (Å²) in [6, 6.07) is 5.24. The van der Waals surface area contributed by atoms with Crippen molar-refractivity contribution in [3.05, 3.63) is 41.3 Å². The van der Waals surface area contributed by atoms with Crippen molar-refractivity contribution in [2.24, 2.45) is 0 Å². The lowest BCUT2D eigenvalue weighted by atomic mass is 10.3. The summed E-state index contributed by atoms with van der Waals surface area (Å²) >= 11 is 5.91. The molecule has 84 valence electrons. The Morgan fingerprint density at radius 2 is 2.24 bits per heavy atom. The summed E-state index contributed by atoms with van der Waals surface area (Å²) in [5, 5.41) is 9.46. The number of rotatable bonds is 1. The van der Waals surface area contributed by atoms with Gasteiger partial charge in [0.25, 0.3) is 0 Å². The molecule has 2 heterocycles. The first kappa shape index (κ1) is 10.0. The highest BCUT2D eigenvalue weighted by Crippen LogP contribution is 2.19. The van der Waals surface area contributed by atoms with E-state index in [1.807, 2.05) is 0 Å². The normalized spacial score (nSPS) is 11.1. The lowest BCUT2D eigenvalue weighted by molar-refractivity contribution is 0.0691. The van der Waals surface area contributed by atoms with Gasteiger partial charge in [-0.2, -0.15) is 0 Å². The topological polar surface area (TPSA) is 67.5 Å². The molecule has 0 amide bonds. The Hall–Kier alpha value is -2.14. The van der Waals surface area contributed by atoms with Crippen LogP contribution in [0.5, 0.6) is 0 Å². The van der Waals surface area contributed by atoms with Gasteiger partial charge in [-0.1, -0.05) is 11.6 Å². The fourth-order valence-electron chi connectivity index (χ4n) is 1.71. The van der Waals surface area contributed by atoms with Gasteiger partial charge in [-0.15, -0.1) is 0 Å². The number of hydrogen-bond acceptors (Lipinski definition) is 3. The number of carboxylic acids is 1. The zero-order valence-corrected chi connectivity index (χ0v) is 9.22. The maximum absolute atomic E-state index is 10.9. The molecule has 2 aromatic heterocycles. The molecule has 5 nitrogen and oxygen atoms in total. The molecule has 0 unspecified atom stereocenters. The predicted molar refractivity (Wildman–Crippen MR) is 62.5 cm³/mol. The third-order valence-electron chi connectivity index (χ3n) is 2.47. The van der Waals surface area contributed by atoms with Crippen molar-refractivity contribution in [2.45, 2.75) is 0 Å². The van der Waals surface area contributed by atoms with Crippen molar-refractivity contribution in [3.63, 3.8) is 0 Å². The van der Waals surface area contributed by atoms with Crippen LogP contribution in [0, 0.1) is 0 Å². The molecular formula is C11H6ClN3O2. The highest BCUT2D eigenvalue weighted by Gasteiger charge is 2.10. The van der Waals surface area contributed by atoms with Gasteiger partial charge in [-0.05, 0) is 18.2 Å². The van der Waals surface area contributed by atoms with Crippen LogP contribution in [0.4, 0.5) is 0 Å². The minimum absolute atomic E-state index is 0.0146. The molecular weight excluding hydrogens is 242 g/mol. The zero-order chi connectivity index (χ0) is 12.0. The molecule has 0 spiro atoms. The summed E-state index contributed by atoms with van der Waals surface area (Å²) in [5.74, 6) is -1.07. The molecule has 0 aliphatic heterocycles. The molecule has 3 aromatic rings. The van der Waals surface area contributed by atoms with E-state index in [0.29, 0.717) is 10.7 Å². The zero-order valence-electron chi connectivity index (χ0n) is 8.46. The summed E-state index contributed by atoms with van der Waals surface area (Å²) in [6.45, 7) is 0. The van der Waals surface area contributed by atoms with Crippen molar-refractivity contribution < 1.29 is 9.90 Å². The van der Waals surface area contributed by atoms with Crippen LogP contribution < -0.4 is 0 Å². The van der Waals surface area contributed by atoms with Crippen LogP contribution >= 0.6 is 11.6 Å². The Morgan fingerprint density at radius 1 is 1.41 bits per heavy atom. The summed E-state index contributed by atoms with van der Waals surface area (Å²) in [5.41, 5.74) is 1.93. The number of aromatic nitrogens is 3. The van der Waals surface area contributed by atoms with Gasteiger partial charge in [0.05, 0.1) is 17.2 Å². The number of carbonyl (C=O) groups is 1. The van der Waals surface area contributed by atoms with Crippen LogP contribution in [0.2, 0.25) is 5.02 Å². The van der Waals surface area contributed by atoms with Crippen LogP contribution in [0.3, 0.4) is 0 Å². The van der Waals surface area contributed by atoms with Gasteiger partial charge in [0.15, 0.2) is 11.3 Å². The van der Waals surface area contributed by atoms with E-state index in [-0.39, 0.29) is 5.69 Å². The van der Waals surface area contributed by atoms with Gasteiger partial charge in [0.1, 0.15) is 0 Å². The van der Waals surface area contributed by atoms with Gasteiger partial charge >= 0.3 is 5.97 Å². The fourth-order valence-corrected chi connectivity index (χ4v) is 1.87. The smallest absolute Gasteiger partial charge is 0.356 e. The highest BCUT2D eigenvalue weighted by molar-refractivity contribution is 6.31. The molecule has 3 rings (SSSR count). The summed E-state index contributed by atoms with van der Waals surface area (Å²) in [7, 11) is 0. The number of benzene rings is 1. The second-order valence-corrected chi connectivity index (χ2v) is 3.99. The molecule has 1 N–H and O–H groups in total. The van der Waals surface area contributed by atoms with Gasteiger partial charge in [0, 0.05) is 11.2 Å². The summed E-state index contributed by atoms with van der Waals surface area (Å²) in [6.07, 6.45) is 2.99. The van der Waals surface area contributed by atoms with Crippen LogP contribution in [0.1, 0.15) is 10.5 Å². The first-order chi connectivity index (χ1) is 8.15. The fraction of sp³-hybridized carbons (Fsp3) is 0. The predicted octanol–water partition coefficient (Wildman–Crippen LogP) is 2.23. The quantitative estimate of drug-likeness (QED) is 0.716. The first-order valence-corrected chi connectivity index (χ1v) is 5.19. The van der Waals surface area contributed by atoms with Crippen molar-refractivity contribution in [1.29, 1.82) is 0 Å². The van der Waals surface area contributed by atoms with Crippen LogP contribution in [0.25, 0.3) is 16.7 Å². The van der Waals surface area contributed by atoms with Crippen LogP contribution in [-0.2, 0) is 0 Å². The largest absolute Gasteiger partial charge is 0.476 e. The second kappa shape index (κ2) is 3.43. The third-order valence-corrected chi connectivity index (χ3v) is 2.70.